The van der Waals surface area contributed by atoms with Crippen LogP contribution in [-0.2, 0) is 0 Å². The number of ether oxygens (including phenoxy) is 1. The third-order valence-electron chi connectivity index (χ3n) is 2.61. The number of nitrogens with zero attached hydrogens (tertiary/aromatic N) is 1. The second-order valence-corrected chi connectivity index (χ2v) is 5.71. The van der Waals surface area contributed by atoms with Crippen molar-refractivity contribution in [3.8, 4) is 11.8 Å². The Hall–Kier alpha value is -1.34. The first kappa shape index (κ1) is 14.7. The molecule has 0 amide bonds. The fourth-order valence-electron chi connectivity index (χ4n) is 1.38. The fraction of sp³-hybridized carbons (Fsp3) is 0.429. The molecule has 1 aromatic rings. The second-order valence-electron chi connectivity index (χ2n) is 4.79. The molecule has 1 rings (SSSR count). The maximum Gasteiger partial charge on any atom is 0.163 e. The minimum Gasteiger partial charge on any atom is -0.493 e. The number of carbonyl (C=O) groups is 1. The zero-order valence-corrected chi connectivity index (χ0v) is 12.4. The highest BCUT2D eigenvalue weighted by Crippen LogP contribution is 2.26. The van der Waals surface area contributed by atoms with Gasteiger partial charge < -0.3 is 4.74 Å². The molecular weight excluding hydrogens is 294 g/mol. The lowest BCUT2D eigenvalue weighted by atomic mass is 9.92. The Morgan fingerprint density at radius 3 is 2.72 bits per heavy atom. The first-order chi connectivity index (χ1) is 8.35. The van der Waals surface area contributed by atoms with E-state index in [2.05, 4.69) is 22.0 Å². The van der Waals surface area contributed by atoms with E-state index >= 15 is 0 Å². The van der Waals surface area contributed by atoms with E-state index in [1.807, 2.05) is 19.9 Å². The van der Waals surface area contributed by atoms with Gasteiger partial charge in [0.1, 0.15) is 5.75 Å². The molecule has 0 N–H and O–H groups in total. The summed E-state index contributed by atoms with van der Waals surface area (Å²) < 4.78 is 6.48. The lowest BCUT2D eigenvalue weighted by Crippen LogP contribution is -2.14. The molecule has 96 valence electrons. The zero-order chi connectivity index (χ0) is 13.8. The van der Waals surface area contributed by atoms with Gasteiger partial charge in [0.25, 0.3) is 0 Å². The molecule has 0 saturated heterocycles. The van der Waals surface area contributed by atoms with Crippen molar-refractivity contribution in [1.82, 2.24) is 0 Å². The van der Waals surface area contributed by atoms with Gasteiger partial charge in [-0.15, -0.1) is 0 Å². The zero-order valence-electron chi connectivity index (χ0n) is 10.8. The van der Waals surface area contributed by atoms with Crippen LogP contribution in [0.3, 0.4) is 0 Å². The van der Waals surface area contributed by atoms with Crippen LogP contribution in [0.5, 0.6) is 5.75 Å². The van der Waals surface area contributed by atoms with Gasteiger partial charge in [-0.3, -0.25) is 4.79 Å². The van der Waals surface area contributed by atoms with E-state index in [4.69, 9.17) is 10.00 Å². The molecule has 0 unspecified atom stereocenters. The minimum atomic E-state index is -0.414. The molecule has 0 bridgehead atoms. The van der Waals surface area contributed by atoms with E-state index in [-0.39, 0.29) is 5.78 Å². The number of halogens is 1. The third kappa shape index (κ3) is 4.15. The van der Waals surface area contributed by atoms with Crippen LogP contribution in [0.2, 0.25) is 0 Å². The molecule has 0 radical (unpaired) electrons. The normalized spacial score (nSPS) is 10.8. The lowest BCUT2D eigenvalue weighted by Gasteiger charge is -2.16. The maximum absolute atomic E-state index is 11.4. The van der Waals surface area contributed by atoms with E-state index in [1.54, 1.807) is 12.1 Å². The Morgan fingerprint density at radius 1 is 1.50 bits per heavy atom. The largest absolute Gasteiger partial charge is 0.493 e. The van der Waals surface area contributed by atoms with Gasteiger partial charge in [0.15, 0.2) is 5.78 Å². The number of carbonyl (C=O) groups excluding carboxylic acids is 1. The molecule has 4 heteroatoms. The van der Waals surface area contributed by atoms with Crippen LogP contribution in [0.25, 0.3) is 0 Å². The molecule has 0 aliphatic carbocycles. The number of benzene rings is 1. The standard InChI is InChI=1S/C14H16BrNO2/c1-10(17)12-5-4-11(15)8-13(12)18-7-6-14(2,3)9-16/h4-5,8H,6-7H2,1-3H3. The summed E-state index contributed by atoms with van der Waals surface area (Å²) in [5, 5.41) is 8.91. The highest BCUT2D eigenvalue weighted by Gasteiger charge is 2.17. The van der Waals surface area contributed by atoms with Gasteiger partial charge in [0.2, 0.25) is 0 Å². The van der Waals surface area contributed by atoms with Crippen molar-refractivity contribution in [2.24, 2.45) is 5.41 Å². The molecule has 0 fully saturated rings. The number of Topliss-reactive ketones (excluding diaryl/α,β-unsaturated/α-hetero) is 1. The van der Waals surface area contributed by atoms with Crippen LogP contribution in [0.15, 0.2) is 22.7 Å². The molecular formula is C14H16BrNO2. The van der Waals surface area contributed by atoms with Crippen molar-refractivity contribution < 1.29 is 9.53 Å². The fourth-order valence-corrected chi connectivity index (χ4v) is 1.72. The molecule has 3 nitrogen and oxygen atoms in total. The average molecular weight is 310 g/mol. The molecule has 0 spiro atoms. The Labute approximate surface area is 116 Å². The predicted octanol–water partition coefficient (Wildman–Crippen LogP) is 3.97. The monoisotopic (exact) mass is 309 g/mol. The van der Waals surface area contributed by atoms with E-state index in [9.17, 15) is 4.79 Å². The van der Waals surface area contributed by atoms with Gasteiger partial charge in [-0.1, -0.05) is 15.9 Å². The first-order valence-electron chi connectivity index (χ1n) is 5.70. The lowest BCUT2D eigenvalue weighted by molar-refractivity contribution is 0.101. The van der Waals surface area contributed by atoms with Crippen LogP contribution in [-0.4, -0.2) is 12.4 Å². The molecule has 0 heterocycles. The average Bonchev–Trinajstić information content (AvgIpc) is 2.28. The quantitative estimate of drug-likeness (QED) is 0.773. The number of rotatable bonds is 5. The number of hydrogen-bond donors (Lipinski definition) is 0. The van der Waals surface area contributed by atoms with Crippen molar-refractivity contribution in [2.75, 3.05) is 6.61 Å². The van der Waals surface area contributed by atoms with Gasteiger partial charge >= 0.3 is 0 Å². The highest BCUT2D eigenvalue weighted by atomic mass is 79.9. The SMILES string of the molecule is CC(=O)c1ccc(Br)cc1OCCC(C)(C)C#N. The summed E-state index contributed by atoms with van der Waals surface area (Å²) in [6.45, 7) is 5.65. The summed E-state index contributed by atoms with van der Waals surface area (Å²) in [6, 6.07) is 7.54. The van der Waals surface area contributed by atoms with Gasteiger partial charge in [-0.2, -0.15) is 5.26 Å². The molecule has 0 aliphatic heterocycles. The van der Waals surface area contributed by atoms with Crippen LogP contribution < -0.4 is 4.74 Å². The number of hydrogen-bond acceptors (Lipinski definition) is 3. The van der Waals surface area contributed by atoms with E-state index in [1.165, 1.54) is 6.92 Å². The van der Waals surface area contributed by atoms with Crippen molar-refractivity contribution in [1.29, 1.82) is 5.26 Å². The van der Waals surface area contributed by atoms with Gasteiger partial charge in [0.05, 0.1) is 23.7 Å². The second kappa shape index (κ2) is 6.01. The topological polar surface area (TPSA) is 50.1 Å². The van der Waals surface area contributed by atoms with Crippen molar-refractivity contribution >= 4 is 21.7 Å². The van der Waals surface area contributed by atoms with Crippen LogP contribution in [0.4, 0.5) is 0 Å². The summed E-state index contributed by atoms with van der Waals surface area (Å²) >= 11 is 3.35. The van der Waals surface area contributed by atoms with Crippen LogP contribution >= 0.6 is 15.9 Å². The number of nitriles is 1. The molecule has 0 aliphatic rings. The van der Waals surface area contributed by atoms with Crippen LogP contribution in [0.1, 0.15) is 37.6 Å². The van der Waals surface area contributed by atoms with Gasteiger partial charge in [-0.05, 0) is 45.4 Å². The maximum atomic E-state index is 11.4. The summed E-state index contributed by atoms with van der Waals surface area (Å²) in [6.07, 6.45) is 0.618. The molecule has 1 aromatic carbocycles. The first-order valence-corrected chi connectivity index (χ1v) is 6.49. The molecule has 0 aromatic heterocycles. The molecule has 18 heavy (non-hydrogen) atoms. The molecule has 0 saturated carbocycles. The smallest absolute Gasteiger partial charge is 0.163 e. The Balaban J connectivity index is 2.76. The minimum absolute atomic E-state index is 0.0305. The molecule has 0 atom stereocenters. The Bertz CT molecular complexity index is 489. The summed E-state index contributed by atoms with van der Waals surface area (Å²) in [5.41, 5.74) is 0.149. The Kier molecular flexibility index (Phi) is 4.92. The van der Waals surface area contributed by atoms with E-state index in [0.717, 1.165) is 4.47 Å². The van der Waals surface area contributed by atoms with Crippen molar-refractivity contribution in [2.45, 2.75) is 27.2 Å². The van der Waals surface area contributed by atoms with E-state index < -0.39 is 5.41 Å². The van der Waals surface area contributed by atoms with E-state index in [0.29, 0.717) is 24.3 Å². The summed E-state index contributed by atoms with van der Waals surface area (Å²) in [5.74, 6) is 0.530. The summed E-state index contributed by atoms with van der Waals surface area (Å²) in [7, 11) is 0. The van der Waals surface area contributed by atoms with Gasteiger partial charge in [-0.25, -0.2) is 0 Å². The number of ketones is 1. The van der Waals surface area contributed by atoms with Crippen molar-refractivity contribution in [3.63, 3.8) is 0 Å². The van der Waals surface area contributed by atoms with Crippen LogP contribution in [0, 0.1) is 16.7 Å². The van der Waals surface area contributed by atoms with Gasteiger partial charge in [0, 0.05) is 4.47 Å². The third-order valence-corrected chi connectivity index (χ3v) is 3.10. The Morgan fingerprint density at radius 2 is 2.17 bits per heavy atom. The predicted molar refractivity (Wildman–Crippen MR) is 73.7 cm³/mol. The summed E-state index contributed by atoms with van der Waals surface area (Å²) in [4.78, 5) is 11.4. The van der Waals surface area contributed by atoms with Crippen molar-refractivity contribution in [3.05, 3.63) is 28.2 Å². The highest BCUT2D eigenvalue weighted by molar-refractivity contribution is 9.10.